The lowest BCUT2D eigenvalue weighted by Crippen LogP contribution is -2.43. The number of carbonyl (C=O) groups is 3. The van der Waals surface area contributed by atoms with Crippen molar-refractivity contribution in [2.24, 2.45) is 0 Å². The van der Waals surface area contributed by atoms with Crippen LogP contribution in [-0.2, 0) is 4.79 Å². The van der Waals surface area contributed by atoms with Crippen molar-refractivity contribution < 1.29 is 23.9 Å². The molecular weight excluding hydrogens is 388 g/mol. The molecule has 3 amide bonds. The quantitative estimate of drug-likeness (QED) is 0.757. The first kappa shape index (κ1) is 21.1. The van der Waals surface area contributed by atoms with Gasteiger partial charge in [-0.1, -0.05) is 0 Å². The van der Waals surface area contributed by atoms with Crippen LogP contribution in [-0.4, -0.2) is 67.5 Å². The number of hydrogen-bond donors (Lipinski definition) is 2. The Balaban J connectivity index is 1.74. The Hall–Kier alpha value is -3.62. The highest BCUT2D eigenvalue weighted by molar-refractivity contribution is 5.97. The fourth-order valence-corrected chi connectivity index (χ4v) is 3.01. The van der Waals surface area contributed by atoms with E-state index in [1.807, 2.05) is 0 Å². The molecule has 0 bridgehead atoms. The molecule has 0 fully saturated rings. The molecule has 0 aliphatic carbocycles. The van der Waals surface area contributed by atoms with Crippen LogP contribution in [0, 0.1) is 0 Å². The van der Waals surface area contributed by atoms with Crippen molar-refractivity contribution in [1.29, 1.82) is 0 Å². The summed E-state index contributed by atoms with van der Waals surface area (Å²) in [5.74, 6) is 0.123. The lowest BCUT2D eigenvalue weighted by atomic mass is 10.1. The van der Waals surface area contributed by atoms with Crippen LogP contribution in [0.25, 0.3) is 0 Å². The van der Waals surface area contributed by atoms with Crippen LogP contribution >= 0.6 is 0 Å². The summed E-state index contributed by atoms with van der Waals surface area (Å²) in [6.45, 7) is 0.970. The molecule has 2 aromatic rings. The molecule has 0 saturated carbocycles. The molecule has 1 aromatic heterocycles. The number of fused-ring (bicyclic) bond motifs is 1. The summed E-state index contributed by atoms with van der Waals surface area (Å²) in [7, 11) is 1.53. The van der Waals surface area contributed by atoms with E-state index >= 15 is 0 Å². The Kier molecular flexibility index (Phi) is 7.20. The molecule has 0 atom stereocenters. The molecule has 0 spiro atoms. The molecule has 3 rings (SSSR count). The van der Waals surface area contributed by atoms with Gasteiger partial charge in [0.2, 0.25) is 5.91 Å². The Labute approximate surface area is 174 Å². The van der Waals surface area contributed by atoms with Gasteiger partial charge in [0, 0.05) is 37.1 Å². The van der Waals surface area contributed by atoms with Crippen molar-refractivity contribution in [2.75, 3.05) is 39.9 Å². The van der Waals surface area contributed by atoms with Gasteiger partial charge in [0.1, 0.15) is 18.1 Å². The van der Waals surface area contributed by atoms with E-state index < -0.39 is 0 Å². The second-order valence-corrected chi connectivity index (χ2v) is 6.63. The molecule has 30 heavy (non-hydrogen) atoms. The van der Waals surface area contributed by atoms with E-state index in [1.54, 1.807) is 30.3 Å². The summed E-state index contributed by atoms with van der Waals surface area (Å²) in [5, 5.41) is 5.57. The lowest BCUT2D eigenvalue weighted by Gasteiger charge is -2.23. The van der Waals surface area contributed by atoms with Gasteiger partial charge >= 0.3 is 0 Å². The van der Waals surface area contributed by atoms with Gasteiger partial charge in [0.15, 0.2) is 0 Å². The maximum absolute atomic E-state index is 12.8. The van der Waals surface area contributed by atoms with Gasteiger partial charge < -0.3 is 25.0 Å². The minimum atomic E-state index is -0.284. The number of amides is 3. The number of hydrogen-bond acceptors (Lipinski definition) is 6. The molecule has 1 aliphatic rings. The number of ether oxygens (including phenoxy) is 2. The largest absolute Gasteiger partial charge is 0.497 e. The number of methoxy groups -OCH3 is 1. The number of nitrogens with one attached hydrogen (secondary N) is 2. The van der Waals surface area contributed by atoms with Crippen molar-refractivity contribution in [3.63, 3.8) is 0 Å². The van der Waals surface area contributed by atoms with Crippen LogP contribution in [0.15, 0.2) is 42.7 Å². The molecule has 9 nitrogen and oxygen atoms in total. The van der Waals surface area contributed by atoms with Crippen molar-refractivity contribution in [3.8, 4) is 11.5 Å². The first-order valence-corrected chi connectivity index (χ1v) is 9.63. The third-order valence-corrected chi connectivity index (χ3v) is 4.55. The Morgan fingerprint density at radius 3 is 2.70 bits per heavy atom. The number of rotatable bonds is 2. The maximum atomic E-state index is 12.8. The zero-order chi connectivity index (χ0) is 21.3. The molecule has 0 radical (unpaired) electrons. The molecule has 2 heterocycles. The molecule has 158 valence electrons. The van der Waals surface area contributed by atoms with Crippen LogP contribution in [0.4, 0.5) is 0 Å². The van der Waals surface area contributed by atoms with Gasteiger partial charge in [-0.3, -0.25) is 19.4 Å². The normalized spacial score (nSPS) is 15.7. The SMILES string of the molecule is COc1ccc2c(c1)OCCNC(=O)CN(C(=O)c1ccncc1)CCCNC2=O. The van der Waals surface area contributed by atoms with E-state index in [4.69, 9.17) is 9.47 Å². The number of carbonyl (C=O) groups excluding carboxylic acids is 3. The molecule has 2 N–H and O–H groups in total. The summed E-state index contributed by atoms with van der Waals surface area (Å²) in [5.41, 5.74) is 0.832. The highest BCUT2D eigenvalue weighted by Gasteiger charge is 2.20. The fourth-order valence-electron chi connectivity index (χ4n) is 3.01. The highest BCUT2D eigenvalue weighted by atomic mass is 16.5. The van der Waals surface area contributed by atoms with E-state index in [1.165, 1.54) is 24.4 Å². The van der Waals surface area contributed by atoms with Gasteiger partial charge in [0.05, 0.1) is 25.8 Å². The number of nitrogens with zero attached hydrogens (tertiary/aromatic N) is 2. The van der Waals surface area contributed by atoms with E-state index in [9.17, 15) is 14.4 Å². The van der Waals surface area contributed by atoms with E-state index in [0.717, 1.165) is 0 Å². The average molecular weight is 412 g/mol. The second kappa shape index (κ2) is 10.2. The summed E-state index contributed by atoms with van der Waals surface area (Å²) in [6, 6.07) is 8.16. The summed E-state index contributed by atoms with van der Waals surface area (Å²) >= 11 is 0. The molecule has 0 unspecified atom stereocenters. The van der Waals surface area contributed by atoms with Gasteiger partial charge in [0.25, 0.3) is 11.8 Å². The van der Waals surface area contributed by atoms with Crippen LogP contribution in [0.2, 0.25) is 0 Å². The third kappa shape index (κ3) is 5.47. The smallest absolute Gasteiger partial charge is 0.255 e. The highest BCUT2D eigenvalue weighted by Crippen LogP contribution is 2.25. The summed E-state index contributed by atoms with van der Waals surface area (Å²) in [6.07, 6.45) is 3.55. The molecule has 0 saturated heterocycles. The average Bonchev–Trinajstić information content (AvgIpc) is 2.78. The zero-order valence-corrected chi connectivity index (χ0v) is 16.7. The number of aromatic nitrogens is 1. The zero-order valence-electron chi connectivity index (χ0n) is 16.7. The first-order chi connectivity index (χ1) is 14.6. The van der Waals surface area contributed by atoms with Gasteiger partial charge in [-0.05, 0) is 30.7 Å². The van der Waals surface area contributed by atoms with E-state index in [2.05, 4.69) is 15.6 Å². The Morgan fingerprint density at radius 1 is 1.13 bits per heavy atom. The van der Waals surface area contributed by atoms with Crippen molar-refractivity contribution in [3.05, 3.63) is 53.9 Å². The van der Waals surface area contributed by atoms with Crippen LogP contribution in [0.1, 0.15) is 27.1 Å². The fraction of sp³-hybridized carbons (Fsp3) is 0.333. The first-order valence-electron chi connectivity index (χ1n) is 9.63. The molecule has 9 heteroatoms. The summed E-state index contributed by atoms with van der Waals surface area (Å²) in [4.78, 5) is 43.0. The van der Waals surface area contributed by atoms with Gasteiger partial charge in [-0.15, -0.1) is 0 Å². The Bertz CT molecular complexity index is 904. The minimum absolute atomic E-state index is 0.0838. The lowest BCUT2D eigenvalue weighted by molar-refractivity contribution is -0.121. The topological polar surface area (TPSA) is 110 Å². The predicted octanol–water partition coefficient (Wildman–Crippen LogP) is 0.861. The number of benzene rings is 1. The van der Waals surface area contributed by atoms with E-state index in [-0.39, 0.29) is 37.4 Å². The van der Waals surface area contributed by atoms with E-state index in [0.29, 0.717) is 42.1 Å². The third-order valence-electron chi connectivity index (χ3n) is 4.55. The monoisotopic (exact) mass is 412 g/mol. The van der Waals surface area contributed by atoms with Crippen LogP contribution in [0.5, 0.6) is 11.5 Å². The van der Waals surface area contributed by atoms with Gasteiger partial charge in [-0.25, -0.2) is 0 Å². The van der Waals surface area contributed by atoms with Gasteiger partial charge in [-0.2, -0.15) is 0 Å². The minimum Gasteiger partial charge on any atom is -0.497 e. The molecule has 1 aliphatic heterocycles. The standard InChI is InChI=1S/C21H24N4O5/c1-29-16-3-4-17-18(13-16)30-12-10-23-19(26)14-25(11-2-7-24-20(17)27)21(28)15-5-8-22-9-6-15/h3-6,8-9,13H,2,7,10-12,14H2,1H3,(H,23,26)(H,24,27). The maximum Gasteiger partial charge on any atom is 0.255 e. The Morgan fingerprint density at radius 2 is 1.93 bits per heavy atom. The predicted molar refractivity (Wildman–Crippen MR) is 109 cm³/mol. The van der Waals surface area contributed by atoms with Crippen molar-refractivity contribution in [1.82, 2.24) is 20.5 Å². The second-order valence-electron chi connectivity index (χ2n) is 6.63. The van der Waals surface area contributed by atoms with Crippen molar-refractivity contribution in [2.45, 2.75) is 6.42 Å². The molecule has 1 aromatic carbocycles. The van der Waals surface area contributed by atoms with Crippen LogP contribution < -0.4 is 20.1 Å². The molecular formula is C21H24N4O5. The number of pyridine rings is 1. The summed E-state index contributed by atoms with van der Waals surface area (Å²) < 4.78 is 10.9. The van der Waals surface area contributed by atoms with Crippen molar-refractivity contribution >= 4 is 17.7 Å². The van der Waals surface area contributed by atoms with Crippen LogP contribution in [0.3, 0.4) is 0 Å².